The van der Waals surface area contributed by atoms with Gasteiger partial charge in [-0.2, -0.15) is 0 Å². The molecule has 8 heteroatoms. The van der Waals surface area contributed by atoms with Gasteiger partial charge >= 0.3 is 0 Å². The number of rotatable bonds is 5. The van der Waals surface area contributed by atoms with Crippen molar-refractivity contribution in [3.05, 3.63) is 12.1 Å². The lowest BCUT2D eigenvalue weighted by Crippen LogP contribution is -2.23. The number of amides is 1. The van der Waals surface area contributed by atoms with Gasteiger partial charge in [0.15, 0.2) is 11.5 Å². The van der Waals surface area contributed by atoms with E-state index in [1.54, 1.807) is 23.9 Å². The van der Waals surface area contributed by atoms with Crippen LogP contribution < -0.4 is 20.5 Å². The van der Waals surface area contributed by atoms with Gasteiger partial charge in [-0.3, -0.25) is 4.79 Å². The molecule has 23 heavy (non-hydrogen) atoms. The average molecular weight is 361 g/mol. The van der Waals surface area contributed by atoms with Crippen LogP contribution in [0.15, 0.2) is 12.1 Å². The number of fused-ring (bicyclic) bond motifs is 1. The number of carbonyl (C=O) groups excluding carboxylic acids is 1. The van der Waals surface area contributed by atoms with Crippen molar-refractivity contribution in [2.45, 2.75) is 25.4 Å². The normalized spacial score (nSPS) is 19.0. The monoisotopic (exact) mass is 360 g/mol. The maximum atomic E-state index is 12.0. The fourth-order valence-electron chi connectivity index (χ4n) is 2.47. The molecule has 1 unspecified atom stereocenters. The van der Waals surface area contributed by atoms with E-state index < -0.39 is 0 Å². The van der Waals surface area contributed by atoms with E-state index in [2.05, 4.69) is 5.32 Å². The standard InChI is InChI=1S/C15H20N2O4S.ClH/c16-11-5-13-14(21-9-20-13)6-12(11)17-15(18)8-22-7-10-3-1-2-4-19-10;/h5-6,10H,1-4,7-9,16H2,(H,17,18);1H. The summed E-state index contributed by atoms with van der Waals surface area (Å²) in [5.74, 6) is 2.37. The smallest absolute Gasteiger partial charge is 0.234 e. The van der Waals surface area contributed by atoms with E-state index in [0.29, 0.717) is 28.6 Å². The minimum absolute atomic E-state index is 0. The Kier molecular flexibility index (Phi) is 6.68. The molecular weight excluding hydrogens is 340 g/mol. The Morgan fingerprint density at radius 2 is 2.09 bits per heavy atom. The van der Waals surface area contributed by atoms with Crippen molar-refractivity contribution in [1.82, 2.24) is 0 Å². The number of ether oxygens (including phenoxy) is 3. The van der Waals surface area contributed by atoms with Gasteiger partial charge < -0.3 is 25.3 Å². The SMILES string of the molecule is Cl.Nc1cc2c(cc1NC(=O)CSCC1CCCCO1)OCO2. The number of thioether (sulfide) groups is 1. The zero-order valence-electron chi connectivity index (χ0n) is 12.7. The van der Waals surface area contributed by atoms with E-state index >= 15 is 0 Å². The Morgan fingerprint density at radius 3 is 2.83 bits per heavy atom. The summed E-state index contributed by atoms with van der Waals surface area (Å²) in [6.45, 7) is 1.02. The van der Waals surface area contributed by atoms with E-state index in [0.717, 1.165) is 25.2 Å². The van der Waals surface area contributed by atoms with E-state index in [9.17, 15) is 4.79 Å². The second-order valence-electron chi connectivity index (χ2n) is 5.34. The second kappa shape index (κ2) is 8.52. The third-order valence-electron chi connectivity index (χ3n) is 3.63. The minimum atomic E-state index is -0.0774. The maximum absolute atomic E-state index is 12.0. The van der Waals surface area contributed by atoms with Gasteiger partial charge in [-0.05, 0) is 19.3 Å². The quantitative estimate of drug-likeness (QED) is 0.785. The van der Waals surface area contributed by atoms with Gasteiger partial charge in [0.1, 0.15) is 0 Å². The number of anilines is 2. The molecule has 2 aliphatic rings. The average Bonchev–Trinajstić information content (AvgIpc) is 2.96. The van der Waals surface area contributed by atoms with Crippen LogP contribution >= 0.6 is 24.2 Å². The first-order chi connectivity index (χ1) is 10.7. The van der Waals surface area contributed by atoms with Gasteiger partial charge in [-0.1, -0.05) is 0 Å². The Bertz CT molecular complexity index is 553. The molecule has 0 aromatic heterocycles. The van der Waals surface area contributed by atoms with Crippen LogP contribution in [-0.4, -0.2) is 36.9 Å². The molecule has 1 amide bonds. The number of hydrogen-bond acceptors (Lipinski definition) is 6. The highest BCUT2D eigenvalue weighted by molar-refractivity contribution is 8.00. The van der Waals surface area contributed by atoms with Crippen molar-refractivity contribution >= 4 is 41.5 Å². The molecule has 128 valence electrons. The number of nitrogens with two attached hydrogens (primary N) is 1. The topological polar surface area (TPSA) is 82.8 Å². The fourth-order valence-corrected chi connectivity index (χ4v) is 3.38. The third kappa shape index (κ3) is 4.83. The largest absolute Gasteiger partial charge is 0.454 e. The fraction of sp³-hybridized carbons (Fsp3) is 0.533. The van der Waals surface area contributed by atoms with Crippen LogP contribution in [0.2, 0.25) is 0 Å². The lowest BCUT2D eigenvalue weighted by molar-refractivity contribution is -0.113. The van der Waals surface area contributed by atoms with Crippen LogP contribution in [0.5, 0.6) is 11.5 Å². The minimum Gasteiger partial charge on any atom is -0.454 e. The summed E-state index contributed by atoms with van der Waals surface area (Å²) in [5.41, 5.74) is 6.94. The number of hydrogen-bond donors (Lipinski definition) is 2. The molecule has 0 radical (unpaired) electrons. The van der Waals surface area contributed by atoms with Crippen molar-refractivity contribution in [3.8, 4) is 11.5 Å². The summed E-state index contributed by atoms with van der Waals surface area (Å²) in [4.78, 5) is 12.0. The highest BCUT2D eigenvalue weighted by Crippen LogP contribution is 2.38. The number of nitrogen functional groups attached to an aromatic ring is 1. The number of carbonyl (C=O) groups is 1. The molecular formula is C15H21ClN2O4S. The number of benzene rings is 1. The van der Waals surface area contributed by atoms with Crippen molar-refractivity contribution in [2.75, 3.05) is 36.0 Å². The van der Waals surface area contributed by atoms with E-state index in [4.69, 9.17) is 19.9 Å². The van der Waals surface area contributed by atoms with E-state index in [-0.39, 0.29) is 31.2 Å². The molecule has 0 bridgehead atoms. The zero-order chi connectivity index (χ0) is 15.4. The zero-order valence-corrected chi connectivity index (χ0v) is 14.3. The van der Waals surface area contributed by atoms with Gasteiger partial charge in [0, 0.05) is 24.5 Å². The molecule has 0 spiro atoms. The first-order valence-corrected chi connectivity index (χ1v) is 8.56. The number of nitrogens with one attached hydrogen (secondary N) is 1. The van der Waals surface area contributed by atoms with Crippen molar-refractivity contribution in [2.24, 2.45) is 0 Å². The Hall–Kier alpha value is -1.31. The molecule has 1 saturated heterocycles. The molecule has 2 aliphatic heterocycles. The van der Waals surface area contributed by atoms with Gasteiger partial charge in [0.25, 0.3) is 0 Å². The van der Waals surface area contributed by atoms with Gasteiger partial charge in [-0.25, -0.2) is 0 Å². The van der Waals surface area contributed by atoms with Gasteiger partial charge in [-0.15, -0.1) is 24.2 Å². The van der Waals surface area contributed by atoms with Crippen molar-refractivity contribution in [3.63, 3.8) is 0 Å². The Balaban J connectivity index is 0.00000192. The molecule has 3 rings (SSSR count). The van der Waals surface area contributed by atoms with Crippen molar-refractivity contribution in [1.29, 1.82) is 0 Å². The number of halogens is 1. The summed E-state index contributed by atoms with van der Waals surface area (Å²) >= 11 is 1.58. The first kappa shape index (κ1) is 18.0. The lowest BCUT2D eigenvalue weighted by atomic mass is 10.1. The van der Waals surface area contributed by atoms with Crippen LogP contribution in [0.3, 0.4) is 0 Å². The second-order valence-corrected chi connectivity index (χ2v) is 6.37. The third-order valence-corrected chi connectivity index (χ3v) is 4.70. The summed E-state index contributed by atoms with van der Waals surface area (Å²) in [7, 11) is 0. The van der Waals surface area contributed by atoms with Gasteiger partial charge in [0.2, 0.25) is 12.7 Å². The molecule has 2 heterocycles. The maximum Gasteiger partial charge on any atom is 0.234 e. The predicted molar refractivity (Wildman–Crippen MR) is 93.8 cm³/mol. The van der Waals surface area contributed by atoms with Crippen LogP contribution in [0.25, 0.3) is 0 Å². The molecule has 3 N–H and O–H groups in total. The summed E-state index contributed by atoms with van der Waals surface area (Å²) in [5, 5.41) is 2.82. The molecule has 1 aromatic carbocycles. The van der Waals surface area contributed by atoms with Crippen LogP contribution in [0, 0.1) is 0 Å². The lowest BCUT2D eigenvalue weighted by Gasteiger charge is -2.21. The molecule has 1 fully saturated rings. The molecule has 1 atom stereocenters. The molecule has 1 aromatic rings. The summed E-state index contributed by atoms with van der Waals surface area (Å²) < 4.78 is 16.2. The predicted octanol–water partition coefficient (Wildman–Crippen LogP) is 2.66. The Morgan fingerprint density at radius 1 is 1.30 bits per heavy atom. The Labute approximate surface area is 145 Å². The molecule has 0 saturated carbocycles. The van der Waals surface area contributed by atoms with Crippen molar-refractivity contribution < 1.29 is 19.0 Å². The highest BCUT2D eigenvalue weighted by atomic mass is 35.5. The first-order valence-electron chi connectivity index (χ1n) is 7.40. The molecule has 6 nitrogen and oxygen atoms in total. The van der Waals surface area contributed by atoms with E-state index in [1.807, 2.05) is 0 Å². The highest BCUT2D eigenvalue weighted by Gasteiger charge is 2.18. The van der Waals surface area contributed by atoms with Gasteiger partial charge in [0.05, 0.1) is 23.2 Å². The van der Waals surface area contributed by atoms with E-state index in [1.165, 1.54) is 6.42 Å². The van der Waals surface area contributed by atoms with Crippen LogP contribution in [0.4, 0.5) is 11.4 Å². The summed E-state index contributed by atoms with van der Waals surface area (Å²) in [6.07, 6.45) is 3.72. The van der Waals surface area contributed by atoms with Crippen LogP contribution in [-0.2, 0) is 9.53 Å². The molecule has 0 aliphatic carbocycles. The summed E-state index contributed by atoms with van der Waals surface area (Å²) in [6, 6.07) is 3.37. The van der Waals surface area contributed by atoms with Crippen LogP contribution in [0.1, 0.15) is 19.3 Å².